The zero-order valence-corrected chi connectivity index (χ0v) is 18.0. The molecule has 2 aromatic rings. The first-order chi connectivity index (χ1) is 15.8. The van der Waals surface area contributed by atoms with Gasteiger partial charge in [-0.25, -0.2) is 5.01 Å². The summed E-state index contributed by atoms with van der Waals surface area (Å²) in [4.78, 5) is 62.8. The minimum absolute atomic E-state index is 0.00176. The van der Waals surface area contributed by atoms with Crippen LogP contribution in [0, 0.1) is 22.0 Å². The smallest absolute Gasteiger partial charge is 0.273 e. The Labute approximate surface area is 193 Å². The van der Waals surface area contributed by atoms with Crippen LogP contribution < -0.4 is 0 Å². The van der Waals surface area contributed by atoms with E-state index in [1.807, 2.05) is 12.2 Å². The SMILES string of the molecule is O=C(CN(C(=O)c1ccc([N+](=O)[O-])cc1)N1C(=O)[C@H]2CC=CC[C@@H]2C1=O)c1ccc(Cl)cc1. The first kappa shape index (κ1) is 22.3. The van der Waals surface area contributed by atoms with E-state index in [4.69, 9.17) is 11.6 Å². The second-order valence-corrected chi connectivity index (χ2v) is 8.18. The fourth-order valence-corrected chi connectivity index (χ4v) is 4.12. The third kappa shape index (κ3) is 4.27. The van der Waals surface area contributed by atoms with Crippen molar-refractivity contribution in [3.05, 3.63) is 86.9 Å². The first-order valence-corrected chi connectivity index (χ1v) is 10.5. The number of nitrogens with zero attached hydrogens (tertiary/aromatic N) is 3. The average Bonchev–Trinajstić information content (AvgIpc) is 3.07. The number of carbonyl (C=O) groups is 4. The van der Waals surface area contributed by atoms with Crippen LogP contribution >= 0.6 is 11.6 Å². The van der Waals surface area contributed by atoms with Gasteiger partial charge in [0.15, 0.2) is 5.78 Å². The van der Waals surface area contributed by atoms with E-state index in [2.05, 4.69) is 0 Å². The van der Waals surface area contributed by atoms with Gasteiger partial charge in [0.1, 0.15) is 6.54 Å². The lowest BCUT2D eigenvalue weighted by Crippen LogP contribution is -2.52. The van der Waals surface area contributed by atoms with Crippen molar-refractivity contribution in [1.82, 2.24) is 10.0 Å². The number of fused-ring (bicyclic) bond motifs is 1. The Morgan fingerprint density at radius 3 is 1.97 bits per heavy atom. The Bertz CT molecular complexity index is 1150. The number of nitro benzene ring substituents is 1. The molecule has 1 saturated heterocycles. The van der Waals surface area contributed by atoms with Crippen molar-refractivity contribution < 1.29 is 24.1 Å². The molecule has 1 aliphatic heterocycles. The van der Waals surface area contributed by atoms with E-state index in [9.17, 15) is 29.3 Å². The highest BCUT2D eigenvalue weighted by Gasteiger charge is 2.51. The largest absolute Gasteiger partial charge is 0.292 e. The molecule has 3 amide bonds. The molecule has 0 aromatic heterocycles. The quantitative estimate of drug-likeness (QED) is 0.211. The Morgan fingerprint density at radius 2 is 1.45 bits per heavy atom. The molecule has 2 atom stereocenters. The number of imide groups is 1. The minimum Gasteiger partial charge on any atom is -0.292 e. The van der Waals surface area contributed by atoms with Crippen LogP contribution in [0.2, 0.25) is 5.02 Å². The number of ketones is 1. The molecule has 10 heteroatoms. The summed E-state index contributed by atoms with van der Waals surface area (Å²) in [6.45, 7) is -0.568. The lowest BCUT2D eigenvalue weighted by atomic mass is 9.85. The van der Waals surface area contributed by atoms with Gasteiger partial charge in [-0.3, -0.25) is 29.3 Å². The predicted octanol–water partition coefficient (Wildman–Crippen LogP) is 3.44. The molecular formula is C23H18ClN3O6. The van der Waals surface area contributed by atoms with Gasteiger partial charge in [0.05, 0.1) is 16.8 Å². The second-order valence-electron chi connectivity index (χ2n) is 7.74. The summed E-state index contributed by atoms with van der Waals surface area (Å²) in [6.07, 6.45) is 4.38. The van der Waals surface area contributed by atoms with Gasteiger partial charge < -0.3 is 0 Å². The first-order valence-electron chi connectivity index (χ1n) is 10.2. The van der Waals surface area contributed by atoms with Crippen molar-refractivity contribution in [2.45, 2.75) is 12.8 Å². The van der Waals surface area contributed by atoms with Crippen LogP contribution in [0.15, 0.2) is 60.7 Å². The number of benzene rings is 2. The summed E-state index contributed by atoms with van der Waals surface area (Å²) in [6, 6.07) is 10.7. The van der Waals surface area contributed by atoms with E-state index < -0.39 is 46.8 Å². The normalized spacial score (nSPS) is 19.4. The third-order valence-electron chi connectivity index (χ3n) is 5.74. The van der Waals surface area contributed by atoms with E-state index >= 15 is 0 Å². The van der Waals surface area contributed by atoms with Crippen molar-refractivity contribution >= 4 is 40.8 Å². The van der Waals surface area contributed by atoms with Gasteiger partial charge in [-0.15, -0.1) is 0 Å². The lowest BCUT2D eigenvalue weighted by molar-refractivity contribution is -0.384. The third-order valence-corrected chi connectivity index (χ3v) is 6.00. The number of amides is 3. The van der Waals surface area contributed by atoms with Crippen LogP contribution in [0.3, 0.4) is 0 Å². The monoisotopic (exact) mass is 467 g/mol. The zero-order chi connectivity index (χ0) is 23.7. The minimum atomic E-state index is -0.791. The van der Waals surface area contributed by atoms with E-state index in [1.54, 1.807) is 0 Å². The van der Waals surface area contributed by atoms with Crippen molar-refractivity contribution in [3.63, 3.8) is 0 Å². The number of hydrogen-bond donors (Lipinski definition) is 0. The van der Waals surface area contributed by atoms with Crippen LogP contribution in [0.25, 0.3) is 0 Å². The van der Waals surface area contributed by atoms with Gasteiger partial charge in [0.2, 0.25) is 0 Å². The number of non-ortho nitro benzene ring substituents is 1. The number of nitro groups is 1. The van der Waals surface area contributed by atoms with E-state index in [-0.39, 0.29) is 16.8 Å². The maximum Gasteiger partial charge on any atom is 0.273 e. The van der Waals surface area contributed by atoms with Gasteiger partial charge in [0, 0.05) is 28.3 Å². The Morgan fingerprint density at radius 1 is 0.939 bits per heavy atom. The average molecular weight is 468 g/mol. The fraction of sp³-hybridized carbons (Fsp3) is 0.217. The number of carbonyl (C=O) groups excluding carboxylic acids is 4. The number of rotatable bonds is 6. The molecule has 1 heterocycles. The Kier molecular flexibility index (Phi) is 6.06. The number of hydrazine groups is 1. The van der Waals surface area contributed by atoms with Crippen LogP contribution in [-0.2, 0) is 9.59 Å². The lowest BCUT2D eigenvalue weighted by Gasteiger charge is -2.30. The number of Topliss-reactive ketones (excluding diaryl/α,β-unsaturated/α-hetero) is 1. The summed E-state index contributed by atoms with van der Waals surface area (Å²) in [7, 11) is 0. The molecule has 0 saturated carbocycles. The number of allylic oxidation sites excluding steroid dienone is 2. The van der Waals surface area contributed by atoms with Crippen LogP contribution in [0.4, 0.5) is 5.69 Å². The highest BCUT2D eigenvalue weighted by molar-refractivity contribution is 6.30. The molecule has 0 radical (unpaired) electrons. The second kappa shape index (κ2) is 8.95. The van der Waals surface area contributed by atoms with Crippen molar-refractivity contribution in [1.29, 1.82) is 0 Å². The van der Waals surface area contributed by atoms with Crippen LogP contribution in [0.1, 0.15) is 33.6 Å². The van der Waals surface area contributed by atoms with E-state index in [0.717, 1.165) is 22.2 Å². The Balaban J connectivity index is 1.68. The molecular weight excluding hydrogens is 450 g/mol. The topological polar surface area (TPSA) is 118 Å². The summed E-state index contributed by atoms with van der Waals surface area (Å²) < 4.78 is 0. The highest BCUT2D eigenvalue weighted by atomic mass is 35.5. The molecule has 0 bridgehead atoms. The molecule has 2 aromatic carbocycles. The molecule has 4 rings (SSSR count). The van der Waals surface area contributed by atoms with Crippen molar-refractivity contribution in [2.75, 3.05) is 6.54 Å². The summed E-state index contributed by atoms with van der Waals surface area (Å²) in [5, 5.41) is 13.0. The molecule has 0 spiro atoms. The molecule has 0 unspecified atom stereocenters. The molecule has 0 N–H and O–H groups in total. The van der Waals surface area contributed by atoms with Gasteiger partial charge in [-0.1, -0.05) is 23.8 Å². The van der Waals surface area contributed by atoms with Gasteiger partial charge in [0.25, 0.3) is 23.4 Å². The van der Waals surface area contributed by atoms with Gasteiger partial charge in [-0.2, -0.15) is 5.01 Å². The summed E-state index contributed by atoms with van der Waals surface area (Å²) in [5.74, 6) is -3.58. The maximum atomic E-state index is 13.4. The summed E-state index contributed by atoms with van der Waals surface area (Å²) >= 11 is 5.87. The molecule has 1 fully saturated rings. The molecule has 1 aliphatic carbocycles. The maximum absolute atomic E-state index is 13.4. The zero-order valence-electron chi connectivity index (χ0n) is 17.2. The predicted molar refractivity (Wildman–Crippen MR) is 117 cm³/mol. The fourth-order valence-electron chi connectivity index (χ4n) is 3.99. The molecule has 33 heavy (non-hydrogen) atoms. The molecule has 168 valence electrons. The summed E-state index contributed by atoms with van der Waals surface area (Å²) in [5.41, 5.74) is 0.0259. The van der Waals surface area contributed by atoms with Crippen LogP contribution in [0.5, 0.6) is 0 Å². The standard InChI is InChI=1S/C23H18ClN3O6/c24-16-9-5-14(6-10-16)20(28)13-25(21(29)15-7-11-17(12-8-15)27(32)33)26-22(30)18-3-1-2-4-19(18)23(26)31/h1-2,5-12,18-19H,3-4,13H2/t18-,19-/m0/s1. The highest BCUT2D eigenvalue weighted by Crippen LogP contribution is 2.36. The molecule has 9 nitrogen and oxygen atoms in total. The van der Waals surface area contributed by atoms with E-state index in [0.29, 0.717) is 17.9 Å². The van der Waals surface area contributed by atoms with Gasteiger partial charge in [-0.05, 0) is 49.2 Å². The Hall–Kier alpha value is -3.85. The van der Waals surface area contributed by atoms with Crippen LogP contribution in [-0.4, -0.2) is 45.0 Å². The van der Waals surface area contributed by atoms with Crippen molar-refractivity contribution in [2.24, 2.45) is 11.8 Å². The van der Waals surface area contributed by atoms with Crippen molar-refractivity contribution in [3.8, 4) is 0 Å². The van der Waals surface area contributed by atoms with Gasteiger partial charge >= 0.3 is 0 Å². The number of hydrogen-bond acceptors (Lipinski definition) is 6. The van der Waals surface area contributed by atoms with E-state index in [1.165, 1.54) is 36.4 Å². The number of halogens is 1. The molecule has 2 aliphatic rings.